The second-order valence-electron chi connectivity index (χ2n) is 4.22. The van der Waals surface area contributed by atoms with Gasteiger partial charge in [-0.05, 0) is 29.7 Å². The molecule has 2 rings (SSSR count). The number of nitrogens with zero attached hydrogens (tertiary/aromatic N) is 5. The average Bonchev–Trinajstić information content (AvgIpc) is 2.98. The fourth-order valence-corrected chi connectivity index (χ4v) is 2.97. The van der Waals surface area contributed by atoms with Crippen LogP contribution < -0.4 is 5.73 Å². The predicted octanol–water partition coefficient (Wildman–Crippen LogP) is 1.12. The SMILES string of the molecule is N#CC(N)CCSc1nnnn1C1CCCC1. The van der Waals surface area contributed by atoms with Crippen molar-refractivity contribution in [1.29, 1.82) is 5.26 Å². The molecule has 0 amide bonds. The van der Waals surface area contributed by atoms with Gasteiger partial charge < -0.3 is 5.73 Å². The first kappa shape index (κ1) is 12.3. The molecule has 0 bridgehead atoms. The molecule has 92 valence electrons. The van der Waals surface area contributed by atoms with Crippen LogP contribution >= 0.6 is 11.8 Å². The van der Waals surface area contributed by atoms with Crippen LogP contribution in [0.2, 0.25) is 0 Å². The van der Waals surface area contributed by atoms with E-state index in [1.165, 1.54) is 12.8 Å². The van der Waals surface area contributed by atoms with Crippen LogP contribution in [0.1, 0.15) is 38.1 Å². The van der Waals surface area contributed by atoms with Gasteiger partial charge in [0.2, 0.25) is 5.16 Å². The van der Waals surface area contributed by atoms with E-state index in [1.54, 1.807) is 11.8 Å². The highest BCUT2D eigenvalue weighted by molar-refractivity contribution is 7.99. The Morgan fingerprint density at radius 1 is 1.53 bits per heavy atom. The minimum Gasteiger partial charge on any atom is -0.316 e. The van der Waals surface area contributed by atoms with Crippen molar-refractivity contribution in [2.24, 2.45) is 5.73 Å². The largest absolute Gasteiger partial charge is 0.316 e. The van der Waals surface area contributed by atoms with Gasteiger partial charge in [0.15, 0.2) is 0 Å². The van der Waals surface area contributed by atoms with Gasteiger partial charge in [-0.1, -0.05) is 24.6 Å². The number of hydrogen-bond donors (Lipinski definition) is 1. The first-order valence-electron chi connectivity index (χ1n) is 5.87. The third-order valence-corrected chi connectivity index (χ3v) is 3.93. The number of aromatic nitrogens is 4. The Morgan fingerprint density at radius 3 is 3.00 bits per heavy atom. The molecule has 1 aromatic rings. The minimum atomic E-state index is -0.390. The Hall–Kier alpha value is -1.13. The molecule has 1 fully saturated rings. The Kier molecular flexibility index (Phi) is 4.34. The minimum absolute atomic E-state index is 0.390. The topological polar surface area (TPSA) is 93.4 Å². The number of rotatable bonds is 5. The summed E-state index contributed by atoms with van der Waals surface area (Å²) in [6.07, 6.45) is 5.51. The average molecular weight is 252 g/mol. The third kappa shape index (κ3) is 3.17. The molecule has 0 spiro atoms. The van der Waals surface area contributed by atoms with Crippen LogP contribution in [0.25, 0.3) is 0 Å². The van der Waals surface area contributed by atoms with Gasteiger partial charge in [0.1, 0.15) is 0 Å². The standard InChI is InChI=1S/C10H16N6S/c11-7-8(12)5-6-17-10-13-14-15-16(10)9-3-1-2-4-9/h8-9H,1-6,12H2. The summed E-state index contributed by atoms with van der Waals surface area (Å²) in [7, 11) is 0. The van der Waals surface area contributed by atoms with E-state index in [0.717, 1.165) is 23.8 Å². The zero-order valence-electron chi connectivity index (χ0n) is 9.62. The summed E-state index contributed by atoms with van der Waals surface area (Å²) in [6.45, 7) is 0. The molecular weight excluding hydrogens is 236 g/mol. The first-order chi connectivity index (χ1) is 8.31. The molecule has 1 unspecified atom stereocenters. The lowest BCUT2D eigenvalue weighted by Crippen LogP contribution is -2.18. The van der Waals surface area contributed by atoms with Crippen molar-refractivity contribution < 1.29 is 0 Å². The zero-order chi connectivity index (χ0) is 12.1. The van der Waals surface area contributed by atoms with E-state index in [4.69, 9.17) is 11.0 Å². The number of nitriles is 1. The van der Waals surface area contributed by atoms with Crippen molar-refractivity contribution in [1.82, 2.24) is 20.2 Å². The van der Waals surface area contributed by atoms with Gasteiger partial charge in [-0.3, -0.25) is 0 Å². The van der Waals surface area contributed by atoms with E-state index >= 15 is 0 Å². The van der Waals surface area contributed by atoms with Crippen LogP contribution in [0.3, 0.4) is 0 Å². The quantitative estimate of drug-likeness (QED) is 0.789. The summed E-state index contributed by atoms with van der Waals surface area (Å²) in [5, 5.41) is 21.2. The van der Waals surface area contributed by atoms with Gasteiger partial charge in [-0.15, -0.1) is 5.10 Å². The highest BCUT2D eigenvalue weighted by Gasteiger charge is 2.21. The molecule has 2 N–H and O–H groups in total. The third-order valence-electron chi connectivity index (χ3n) is 2.96. The van der Waals surface area contributed by atoms with Crippen molar-refractivity contribution in [3.8, 4) is 6.07 Å². The molecule has 0 aliphatic heterocycles. The van der Waals surface area contributed by atoms with Crippen LogP contribution in [0.5, 0.6) is 0 Å². The smallest absolute Gasteiger partial charge is 0.209 e. The predicted molar refractivity (Wildman–Crippen MR) is 64.3 cm³/mol. The molecule has 0 saturated heterocycles. The van der Waals surface area contributed by atoms with Crippen molar-refractivity contribution in [3.63, 3.8) is 0 Å². The Labute approximate surface area is 105 Å². The van der Waals surface area contributed by atoms with E-state index in [0.29, 0.717) is 12.5 Å². The Morgan fingerprint density at radius 2 is 2.29 bits per heavy atom. The van der Waals surface area contributed by atoms with Crippen molar-refractivity contribution >= 4 is 11.8 Å². The van der Waals surface area contributed by atoms with Gasteiger partial charge in [0, 0.05) is 5.75 Å². The lowest BCUT2D eigenvalue weighted by molar-refractivity contribution is 0.423. The molecule has 1 heterocycles. The molecule has 1 atom stereocenters. The second-order valence-corrected chi connectivity index (χ2v) is 5.28. The Bertz CT molecular complexity index is 392. The number of hydrogen-bond acceptors (Lipinski definition) is 6. The summed E-state index contributed by atoms with van der Waals surface area (Å²) in [4.78, 5) is 0. The molecule has 1 saturated carbocycles. The lowest BCUT2D eigenvalue weighted by Gasteiger charge is -2.10. The van der Waals surface area contributed by atoms with Crippen LogP contribution in [-0.2, 0) is 0 Å². The first-order valence-corrected chi connectivity index (χ1v) is 6.85. The maximum absolute atomic E-state index is 8.59. The maximum atomic E-state index is 8.59. The molecule has 7 heteroatoms. The maximum Gasteiger partial charge on any atom is 0.209 e. The molecule has 6 nitrogen and oxygen atoms in total. The van der Waals surface area contributed by atoms with Gasteiger partial charge in [0.05, 0.1) is 18.2 Å². The van der Waals surface area contributed by atoms with Crippen molar-refractivity contribution in [2.45, 2.75) is 49.3 Å². The number of thioether (sulfide) groups is 1. The summed E-state index contributed by atoms with van der Waals surface area (Å²) >= 11 is 1.58. The van der Waals surface area contributed by atoms with E-state index < -0.39 is 6.04 Å². The highest BCUT2D eigenvalue weighted by Crippen LogP contribution is 2.31. The highest BCUT2D eigenvalue weighted by atomic mass is 32.2. The van der Waals surface area contributed by atoms with Gasteiger partial charge in [-0.2, -0.15) is 5.26 Å². The molecule has 1 aromatic heterocycles. The molecule has 17 heavy (non-hydrogen) atoms. The molecule has 0 radical (unpaired) electrons. The number of nitrogens with two attached hydrogens (primary N) is 1. The van der Waals surface area contributed by atoms with E-state index in [9.17, 15) is 0 Å². The fraction of sp³-hybridized carbons (Fsp3) is 0.800. The second kappa shape index (κ2) is 5.98. The monoisotopic (exact) mass is 252 g/mol. The summed E-state index contributed by atoms with van der Waals surface area (Å²) < 4.78 is 1.93. The van der Waals surface area contributed by atoms with E-state index in [2.05, 4.69) is 15.5 Å². The van der Waals surface area contributed by atoms with E-state index in [-0.39, 0.29) is 0 Å². The van der Waals surface area contributed by atoms with Gasteiger partial charge >= 0.3 is 0 Å². The molecule has 1 aliphatic rings. The fourth-order valence-electron chi connectivity index (χ4n) is 2.00. The normalized spacial score (nSPS) is 18.1. The van der Waals surface area contributed by atoms with Crippen molar-refractivity contribution in [3.05, 3.63) is 0 Å². The molecular formula is C10H16N6S. The zero-order valence-corrected chi connectivity index (χ0v) is 10.4. The molecule has 1 aliphatic carbocycles. The number of tetrazole rings is 1. The van der Waals surface area contributed by atoms with Gasteiger partial charge in [-0.25, -0.2) is 4.68 Å². The van der Waals surface area contributed by atoms with Gasteiger partial charge in [0.25, 0.3) is 0 Å². The van der Waals surface area contributed by atoms with Crippen LogP contribution in [0, 0.1) is 11.3 Å². The summed E-state index contributed by atoms with van der Waals surface area (Å²) in [5.74, 6) is 0.780. The van der Waals surface area contributed by atoms with Crippen LogP contribution in [-0.4, -0.2) is 32.0 Å². The van der Waals surface area contributed by atoms with Crippen molar-refractivity contribution in [2.75, 3.05) is 5.75 Å². The van der Waals surface area contributed by atoms with Crippen LogP contribution in [0.4, 0.5) is 0 Å². The summed E-state index contributed by atoms with van der Waals surface area (Å²) in [6, 6.07) is 2.09. The Balaban J connectivity index is 1.88. The van der Waals surface area contributed by atoms with E-state index in [1.807, 2.05) is 10.8 Å². The lowest BCUT2D eigenvalue weighted by atomic mass is 10.3. The van der Waals surface area contributed by atoms with Crippen LogP contribution in [0.15, 0.2) is 5.16 Å². The molecule has 0 aromatic carbocycles. The summed E-state index contributed by atoms with van der Waals surface area (Å²) in [5.41, 5.74) is 5.54.